The molecule has 1 aliphatic rings. The summed E-state index contributed by atoms with van der Waals surface area (Å²) >= 11 is 18.6. The molecule has 1 aromatic heterocycles. The van der Waals surface area contributed by atoms with Crippen LogP contribution >= 0.6 is 34.8 Å². The molecule has 1 aliphatic heterocycles. The standard InChI is InChI=1S/C22H21Cl3N4O2/c23-14-4-7-16(8-5-14)29-19(13-30)20(22(31)27-28-10-2-1-3-11-28)26-21(29)17-9-6-15(24)12-18(17)25/h4-9,12,30H,1-3,10-11,13H2,(H,27,31). The quantitative estimate of drug-likeness (QED) is 0.533. The molecule has 0 radical (unpaired) electrons. The first-order valence-electron chi connectivity index (χ1n) is 9.97. The molecule has 1 amide bonds. The molecule has 2 N–H and O–H groups in total. The summed E-state index contributed by atoms with van der Waals surface area (Å²) in [5.74, 6) is 0.0573. The van der Waals surface area contributed by atoms with E-state index in [9.17, 15) is 9.90 Å². The first-order valence-corrected chi connectivity index (χ1v) is 11.1. The van der Waals surface area contributed by atoms with Crippen molar-refractivity contribution in [2.24, 2.45) is 0 Å². The minimum absolute atomic E-state index is 0.143. The molecule has 0 saturated carbocycles. The van der Waals surface area contributed by atoms with Crippen LogP contribution in [0.2, 0.25) is 15.1 Å². The average Bonchev–Trinajstić information content (AvgIpc) is 3.14. The molecule has 9 heteroatoms. The van der Waals surface area contributed by atoms with Gasteiger partial charge in [-0.15, -0.1) is 0 Å². The lowest BCUT2D eigenvalue weighted by Gasteiger charge is -2.26. The normalized spacial score (nSPS) is 14.6. The Morgan fingerprint density at radius 2 is 1.68 bits per heavy atom. The number of carbonyl (C=O) groups excluding carboxylic acids is 1. The van der Waals surface area contributed by atoms with E-state index in [1.165, 1.54) is 0 Å². The van der Waals surface area contributed by atoms with Gasteiger partial charge in [0.05, 0.1) is 17.3 Å². The molecule has 0 spiro atoms. The Bertz CT molecular complexity index is 1090. The summed E-state index contributed by atoms with van der Waals surface area (Å²) in [4.78, 5) is 17.7. The molecular weight excluding hydrogens is 459 g/mol. The van der Waals surface area contributed by atoms with Crippen LogP contribution in [0.25, 0.3) is 17.1 Å². The first-order chi connectivity index (χ1) is 15.0. The molecule has 1 saturated heterocycles. The maximum Gasteiger partial charge on any atom is 0.286 e. The number of benzene rings is 2. The number of piperidine rings is 1. The van der Waals surface area contributed by atoms with Crippen molar-refractivity contribution in [1.82, 2.24) is 20.0 Å². The van der Waals surface area contributed by atoms with Gasteiger partial charge in [0.25, 0.3) is 5.91 Å². The average molecular weight is 480 g/mol. The van der Waals surface area contributed by atoms with Crippen molar-refractivity contribution in [1.29, 1.82) is 0 Å². The number of aliphatic hydroxyl groups excluding tert-OH is 1. The fourth-order valence-corrected chi connectivity index (χ4v) is 4.32. The fourth-order valence-electron chi connectivity index (χ4n) is 3.70. The Hall–Kier alpha value is -2.09. The monoisotopic (exact) mass is 478 g/mol. The van der Waals surface area contributed by atoms with Gasteiger partial charge in [-0.25, -0.2) is 9.99 Å². The highest BCUT2D eigenvalue weighted by atomic mass is 35.5. The number of amides is 1. The Kier molecular flexibility index (Phi) is 6.84. The number of hydrogen-bond acceptors (Lipinski definition) is 4. The van der Waals surface area contributed by atoms with Crippen molar-refractivity contribution in [3.63, 3.8) is 0 Å². The van der Waals surface area contributed by atoms with Crippen molar-refractivity contribution in [3.05, 3.63) is 68.9 Å². The van der Waals surface area contributed by atoms with E-state index in [2.05, 4.69) is 10.4 Å². The zero-order valence-corrected chi connectivity index (χ0v) is 18.9. The first kappa shape index (κ1) is 22.1. The second kappa shape index (κ2) is 9.59. The Morgan fingerprint density at radius 1 is 1.00 bits per heavy atom. The van der Waals surface area contributed by atoms with Crippen LogP contribution in [0.1, 0.15) is 35.4 Å². The van der Waals surface area contributed by atoms with E-state index in [-0.39, 0.29) is 18.2 Å². The highest BCUT2D eigenvalue weighted by Gasteiger charge is 2.26. The predicted molar refractivity (Wildman–Crippen MR) is 123 cm³/mol. The summed E-state index contributed by atoms with van der Waals surface area (Å²) in [6.45, 7) is 1.19. The van der Waals surface area contributed by atoms with Gasteiger partial charge in [-0.2, -0.15) is 0 Å². The minimum Gasteiger partial charge on any atom is -0.390 e. The summed E-state index contributed by atoms with van der Waals surface area (Å²) in [6, 6.07) is 12.1. The largest absolute Gasteiger partial charge is 0.390 e. The molecule has 6 nitrogen and oxygen atoms in total. The number of rotatable bonds is 5. The maximum atomic E-state index is 13.1. The van der Waals surface area contributed by atoms with E-state index in [4.69, 9.17) is 34.8 Å². The Balaban J connectivity index is 1.84. The topological polar surface area (TPSA) is 70.4 Å². The van der Waals surface area contributed by atoms with Crippen LogP contribution in [-0.2, 0) is 6.61 Å². The molecular formula is C22H21Cl3N4O2. The van der Waals surface area contributed by atoms with Crippen LogP contribution in [0.4, 0.5) is 0 Å². The molecule has 0 unspecified atom stereocenters. The third-order valence-electron chi connectivity index (χ3n) is 5.21. The molecule has 4 rings (SSSR count). The van der Waals surface area contributed by atoms with Gasteiger partial charge >= 0.3 is 0 Å². The van der Waals surface area contributed by atoms with E-state index >= 15 is 0 Å². The van der Waals surface area contributed by atoms with E-state index in [0.29, 0.717) is 37.8 Å². The highest BCUT2D eigenvalue weighted by Crippen LogP contribution is 2.33. The van der Waals surface area contributed by atoms with Gasteiger partial charge in [-0.3, -0.25) is 14.8 Å². The molecule has 162 valence electrons. The zero-order valence-electron chi connectivity index (χ0n) is 16.6. The minimum atomic E-state index is -0.385. The van der Waals surface area contributed by atoms with Gasteiger partial charge in [0.2, 0.25) is 0 Å². The van der Waals surface area contributed by atoms with E-state index in [0.717, 1.165) is 32.4 Å². The molecule has 0 aliphatic carbocycles. The van der Waals surface area contributed by atoms with Gasteiger partial charge < -0.3 is 5.11 Å². The van der Waals surface area contributed by atoms with Crippen molar-refractivity contribution in [2.75, 3.05) is 13.1 Å². The Morgan fingerprint density at radius 3 is 2.32 bits per heavy atom. The van der Waals surface area contributed by atoms with Crippen molar-refractivity contribution >= 4 is 40.7 Å². The zero-order chi connectivity index (χ0) is 22.0. The van der Waals surface area contributed by atoms with E-state index < -0.39 is 0 Å². The summed E-state index contributed by atoms with van der Waals surface area (Å²) in [6.07, 6.45) is 3.20. The van der Waals surface area contributed by atoms with E-state index in [1.807, 2.05) is 5.01 Å². The van der Waals surface area contributed by atoms with Crippen LogP contribution in [0.3, 0.4) is 0 Å². The number of halogens is 3. The third kappa shape index (κ3) is 4.73. The van der Waals surface area contributed by atoms with Crippen LogP contribution in [0.5, 0.6) is 0 Å². The molecule has 2 aromatic carbocycles. The van der Waals surface area contributed by atoms with Crippen LogP contribution in [0, 0.1) is 0 Å². The fraction of sp³-hybridized carbons (Fsp3) is 0.273. The number of nitrogens with one attached hydrogen (secondary N) is 1. The summed E-state index contributed by atoms with van der Waals surface area (Å²) < 4.78 is 1.72. The predicted octanol–water partition coefficient (Wildman–Crippen LogP) is 5.12. The number of hydrogen-bond donors (Lipinski definition) is 2. The van der Waals surface area contributed by atoms with Crippen LogP contribution in [0.15, 0.2) is 42.5 Å². The van der Waals surface area contributed by atoms with Gasteiger partial charge in [0, 0.05) is 34.4 Å². The number of imidazole rings is 1. The van der Waals surface area contributed by atoms with Gasteiger partial charge in [-0.1, -0.05) is 41.2 Å². The smallest absolute Gasteiger partial charge is 0.286 e. The lowest BCUT2D eigenvalue weighted by molar-refractivity contribution is 0.0742. The molecule has 0 bridgehead atoms. The maximum absolute atomic E-state index is 13.1. The van der Waals surface area contributed by atoms with Crippen molar-refractivity contribution < 1.29 is 9.90 Å². The second-order valence-corrected chi connectivity index (χ2v) is 8.59. The molecule has 31 heavy (non-hydrogen) atoms. The van der Waals surface area contributed by atoms with Gasteiger partial charge in [0.15, 0.2) is 5.69 Å². The second-order valence-electron chi connectivity index (χ2n) is 7.31. The molecule has 0 atom stereocenters. The molecule has 1 fully saturated rings. The number of aromatic nitrogens is 2. The SMILES string of the molecule is O=C(NN1CCCCC1)c1nc(-c2ccc(Cl)cc2Cl)n(-c2ccc(Cl)cc2)c1CO. The molecule has 3 aromatic rings. The van der Waals surface area contributed by atoms with E-state index in [1.54, 1.807) is 47.0 Å². The summed E-state index contributed by atoms with van der Waals surface area (Å²) in [5, 5.41) is 13.6. The number of carbonyl (C=O) groups is 1. The lowest BCUT2D eigenvalue weighted by atomic mass is 10.2. The highest BCUT2D eigenvalue weighted by molar-refractivity contribution is 6.36. The van der Waals surface area contributed by atoms with Gasteiger partial charge in [0.1, 0.15) is 5.82 Å². The van der Waals surface area contributed by atoms with Crippen molar-refractivity contribution in [2.45, 2.75) is 25.9 Å². The number of nitrogens with zero attached hydrogens (tertiary/aromatic N) is 3. The lowest BCUT2D eigenvalue weighted by Crippen LogP contribution is -2.45. The third-order valence-corrected chi connectivity index (χ3v) is 6.01. The number of aliphatic hydroxyl groups is 1. The van der Waals surface area contributed by atoms with Gasteiger partial charge in [-0.05, 0) is 55.3 Å². The Labute approximate surface area is 195 Å². The number of hydrazine groups is 1. The van der Waals surface area contributed by atoms with Crippen LogP contribution < -0.4 is 5.43 Å². The molecule has 2 heterocycles. The van der Waals surface area contributed by atoms with Crippen LogP contribution in [-0.4, -0.2) is 38.7 Å². The van der Waals surface area contributed by atoms with Crippen molar-refractivity contribution in [3.8, 4) is 17.1 Å². The summed E-state index contributed by atoms with van der Waals surface area (Å²) in [7, 11) is 0. The summed E-state index contributed by atoms with van der Waals surface area (Å²) in [5.41, 5.74) is 4.70.